The number of urea groups is 1. The molecule has 0 aliphatic rings. The van der Waals surface area contributed by atoms with E-state index in [4.69, 9.17) is 11.5 Å². The van der Waals surface area contributed by atoms with Gasteiger partial charge >= 0.3 is 12.0 Å². The van der Waals surface area contributed by atoms with Gasteiger partial charge in [0.1, 0.15) is 0 Å². The number of unbranched alkanes of at least 4 members (excludes halogenated alkanes) is 2. The molecule has 0 aromatic rings. The second-order valence-electron chi connectivity index (χ2n) is 3.87. The summed E-state index contributed by atoms with van der Waals surface area (Å²) in [5, 5.41) is 13.9. The van der Waals surface area contributed by atoms with Gasteiger partial charge in [0, 0.05) is 19.5 Å². The summed E-state index contributed by atoms with van der Waals surface area (Å²) in [5.74, 6) is 1.24. The van der Waals surface area contributed by atoms with Crippen LogP contribution in [0.25, 0.3) is 0 Å². The molecule has 2 amide bonds. The Kier molecular flexibility index (Phi) is 8.57. The van der Waals surface area contributed by atoms with Crippen LogP contribution in [0.5, 0.6) is 0 Å². The molecule has 5 nitrogen and oxygen atoms in total. The lowest BCUT2D eigenvalue weighted by atomic mass is 10.1. The molecule has 96 valence electrons. The quantitative estimate of drug-likeness (QED) is 0.440. The van der Waals surface area contributed by atoms with Crippen molar-refractivity contribution in [2.45, 2.75) is 32.6 Å². The topological polar surface area (TPSA) is 78.4 Å². The van der Waals surface area contributed by atoms with Crippen LogP contribution in [0.15, 0.2) is 0 Å². The van der Waals surface area contributed by atoms with Crippen molar-refractivity contribution in [3.63, 3.8) is 0 Å². The standard InChI is InChI=1S/C12H20N2O3/c1-3-4-5-6-8-13-12(17)14-9-7-10(2)11(15)16/h1,10H,4-9H2,2H3,(H,15,16)(H2,13,14,17). The summed E-state index contributed by atoms with van der Waals surface area (Å²) in [4.78, 5) is 21.7. The minimum Gasteiger partial charge on any atom is -0.481 e. The number of amides is 2. The molecule has 1 unspecified atom stereocenters. The van der Waals surface area contributed by atoms with Crippen LogP contribution in [0, 0.1) is 18.3 Å². The summed E-state index contributed by atoms with van der Waals surface area (Å²) in [5.41, 5.74) is 0. The maximum absolute atomic E-state index is 11.2. The second-order valence-corrected chi connectivity index (χ2v) is 3.87. The molecule has 0 aromatic carbocycles. The molecule has 0 aliphatic carbocycles. The van der Waals surface area contributed by atoms with E-state index in [1.807, 2.05) is 0 Å². The summed E-state index contributed by atoms with van der Waals surface area (Å²) in [7, 11) is 0. The van der Waals surface area contributed by atoms with E-state index in [9.17, 15) is 9.59 Å². The van der Waals surface area contributed by atoms with Crippen LogP contribution >= 0.6 is 0 Å². The number of carbonyl (C=O) groups excluding carboxylic acids is 1. The molecule has 0 spiro atoms. The maximum atomic E-state index is 11.2. The lowest BCUT2D eigenvalue weighted by molar-refractivity contribution is -0.141. The van der Waals surface area contributed by atoms with Crippen molar-refractivity contribution in [3.05, 3.63) is 0 Å². The van der Waals surface area contributed by atoms with Crippen molar-refractivity contribution in [3.8, 4) is 12.3 Å². The van der Waals surface area contributed by atoms with E-state index in [1.165, 1.54) is 0 Å². The highest BCUT2D eigenvalue weighted by molar-refractivity contribution is 5.74. The minimum absolute atomic E-state index is 0.261. The van der Waals surface area contributed by atoms with E-state index < -0.39 is 11.9 Å². The maximum Gasteiger partial charge on any atom is 0.314 e. The lowest BCUT2D eigenvalue weighted by Gasteiger charge is -2.09. The Morgan fingerprint density at radius 3 is 2.53 bits per heavy atom. The first-order chi connectivity index (χ1) is 8.07. The van der Waals surface area contributed by atoms with E-state index in [1.54, 1.807) is 6.92 Å². The monoisotopic (exact) mass is 240 g/mol. The van der Waals surface area contributed by atoms with E-state index in [0.29, 0.717) is 19.5 Å². The smallest absolute Gasteiger partial charge is 0.314 e. The zero-order valence-corrected chi connectivity index (χ0v) is 10.2. The van der Waals surface area contributed by atoms with Crippen LogP contribution in [0.2, 0.25) is 0 Å². The molecule has 0 radical (unpaired) electrons. The summed E-state index contributed by atoms with van der Waals surface area (Å²) in [6.45, 7) is 2.56. The van der Waals surface area contributed by atoms with Gasteiger partial charge in [-0.1, -0.05) is 6.92 Å². The van der Waals surface area contributed by atoms with Crippen LogP contribution in [-0.4, -0.2) is 30.2 Å². The number of terminal acetylenes is 1. The number of hydrogen-bond donors (Lipinski definition) is 3. The first-order valence-corrected chi connectivity index (χ1v) is 5.76. The molecule has 0 fully saturated rings. The van der Waals surface area contributed by atoms with Crippen LogP contribution in [0.1, 0.15) is 32.6 Å². The van der Waals surface area contributed by atoms with Crippen molar-refractivity contribution in [2.75, 3.05) is 13.1 Å². The Hall–Kier alpha value is -1.70. The Bertz CT molecular complexity index is 284. The average Bonchev–Trinajstić information content (AvgIpc) is 2.28. The van der Waals surface area contributed by atoms with E-state index >= 15 is 0 Å². The molecule has 0 heterocycles. The fourth-order valence-electron chi connectivity index (χ4n) is 1.14. The molecule has 0 saturated heterocycles. The van der Waals surface area contributed by atoms with Crippen LogP contribution in [0.3, 0.4) is 0 Å². The third-order valence-electron chi connectivity index (χ3n) is 2.32. The summed E-state index contributed by atoms with van der Waals surface area (Å²) >= 11 is 0. The van der Waals surface area contributed by atoms with Gasteiger partial charge in [-0.25, -0.2) is 4.79 Å². The van der Waals surface area contributed by atoms with Crippen molar-refractivity contribution >= 4 is 12.0 Å². The molecule has 1 atom stereocenters. The predicted octanol–water partition coefficient (Wildman–Crippen LogP) is 1.20. The Morgan fingerprint density at radius 2 is 1.94 bits per heavy atom. The van der Waals surface area contributed by atoms with Gasteiger partial charge in [0.05, 0.1) is 5.92 Å². The molecule has 0 saturated carbocycles. The zero-order chi connectivity index (χ0) is 13.1. The van der Waals surface area contributed by atoms with Crippen molar-refractivity contribution < 1.29 is 14.7 Å². The van der Waals surface area contributed by atoms with E-state index in [0.717, 1.165) is 19.3 Å². The Balaban J connectivity index is 3.41. The summed E-state index contributed by atoms with van der Waals surface area (Å²) in [6, 6.07) is -0.261. The van der Waals surface area contributed by atoms with Gasteiger partial charge in [-0.05, 0) is 19.3 Å². The van der Waals surface area contributed by atoms with Gasteiger partial charge in [-0.2, -0.15) is 0 Å². The number of rotatable bonds is 8. The molecule has 0 bridgehead atoms. The predicted molar refractivity (Wildman–Crippen MR) is 65.5 cm³/mol. The normalized spacial score (nSPS) is 11.3. The molecule has 17 heavy (non-hydrogen) atoms. The molecule has 0 rings (SSSR count). The number of carbonyl (C=O) groups is 2. The second kappa shape index (κ2) is 9.52. The molecule has 3 N–H and O–H groups in total. The van der Waals surface area contributed by atoms with Gasteiger partial charge in [-0.3, -0.25) is 4.79 Å². The van der Waals surface area contributed by atoms with E-state index in [2.05, 4.69) is 16.6 Å². The fourth-order valence-corrected chi connectivity index (χ4v) is 1.14. The Morgan fingerprint density at radius 1 is 1.29 bits per heavy atom. The van der Waals surface area contributed by atoms with Gasteiger partial charge < -0.3 is 15.7 Å². The zero-order valence-electron chi connectivity index (χ0n) is 10.2. The molecular formula is C12H20N2O3. The van der Waals surface area contributed by atoms with Gasteiger partial charge in [0.15, 0.2) is 0 Å². The average molecular weight is 240 g/mol. The van der Waals surface area contributed by atoms with Crippen LogP contribution < -0.4 is 10.6 Å². The van der Waals surface area contributed by atoms with Crippen molar-refractivity contribution in [1.82, 2.24) is 10.6 Å². The SMILES string of the molecule is C#CCCCCNC(=O)NCCC(C)C(=O)O. The largest absolute Gasteiger partial charge is 0.481 e. The number of carboxylic acids is 1. The first kappa shape index (κ1) is 15.3. The molecule has 0 aromatic heterocycles. The van der Waals surface area contributed by atoms with Gasteiger partial charge in [0.2, 0.25) is 0 Å². The van der Waals surface area contributed by atoms with Crippen molar-refractivity contribution in [1.29, 1.82) is 0 Å². The number of hydrogen-bond acceptors (Lipinski definition) is 2. The number of carboxylic acid groups (broad SMARTS) is 1. The first-order valence-electron chi connectivity index (χ1n) is 5.76. The highest BCUT2D eigenvalue weighted by atomic mass is 16.4. The lowest BCUT2D eigenvalue weighted by Crippen LogP contribution is -2.37. The molecule has 0 aliphatic heterocycles. The van der Waals surface area contributed by atoms with Crippen LogP contribution in [0.4, 0.5) is 4.79 Å². The van der Waals surface area contributed by atoms with E-state index in [-0.39, 0.29) is 6.03 Å². The number of aliphatic carboxylic acids is 1. The van der Waals surface area contributed by atoms with Gasteiger partial charge in [-0.15, -0.1) is 12.3 Å². The highest BCUT2D eigenvalue weighted by Crippen LogP contribution is 1.99. The minimum atomic E-state index is -0.846. The molecule has 5 heteroatoms. The van der Waals surface area contributed by atoms with Gasteiger partial charge in [0.25, 0.3) is 0 Å². The summed E-state index contributed by atoms with van der Waals surface area (Å²) < 4.78 is 0. The number of nitrogens with one attached hydrogen (secondary N) is 2. The fraction of sp³-hybridized carbons (Fsp3) is 0.667. The summed E-state index contributed by atoms with van der Waals surface area (Å²) in [6.07, 6.45) is 7.99. The third-order valence-corrected chi connectivity index (χ3v) is 2.32. The molecular weight excluding hydrogens is 220 g/mol. The Labute approximate surface area is 102 Å². The van der Waals surface area contributed by atoms with Crippen molar-refractivity contribution in [2.24, 2.45) is 5.92 Å². The third kappa shape index (κ3) is 9.24. The highest BCUT2D eigenvalue weighted by Gasteiger charge is 2.10. The van der Waals surface area contributed by atoms with Crippen LogP contribution in [-0.2, 0) is 4.79 Å².